The molecule has 0 bridgehead atoms. The van der Waals surface area contributed by atoms with Crippen LogP contribution in [0.1, 0.15) is 37.9 Å². The molecule has 3 heterocycles. The maximum atomic E-state index is 13.0. The third-order valence-electron chi connectivity index (χ3n) is 6.42. The van der Waals surface area contributed by atoms with E-state index < -0.39 is 11.9 Å². The quantitative estimate of drug-likeness (QED) is 0.658. The van der Waals surface area contributed by atoms with E-state index >= 15 is 0 Å². The smallest absolute Gasteiger partial charge is 0.434 e. The highest BCUT2D eigenvalue weighted by molar-refractivity contribution is 5.69. The zero-order valence-electron chi connectivity index (χ0n) is 19.4. The van der Waals surface area contributed by atoms with E-state index in [9.17, 15) is 18.0 Å². The number of nitrogens with zero attached hydrogens (tertiary/aromatic N) is 5. The molecule has 0 spiro atoms. The van der Waals surface area contributed by atoms with Gasteiger partial charge >= 0.3 is 12.3 Å². The van der Waals surface area contributed by atoms with E-state index in [1.54, 1.807) is 9.80 Å². The summed E-state index contributed by atoms with van der Waals surface area (Å²) in [7, 11) is 0. The zero-order valence-corrected chi connectivity index (χ0v) is 19.4. The van der Waals surface area contributed by atoms with Crippen molar-refractivity contribution in [2.75, 3.05) is 31.1 Å². The lowest BCUT2D eigenvalue weighted by atomic mass is 10.1. The van der Waals surface area contributed by atoms with Crippen molar-refractivity contribution < 1.29 is 22.7 Å². The van der Waals surface area contributed by atoms with Gasteiger partial charge in [0.05, 0.1) is 24.5 Å². The Balaban J connectivity index is 1.30. The number of piperidine rings is 1. The second-order valence-corrected chi connectivity index (χ2v) is 9.12. The number of hydrogen-bond donors (Lipinski definition) is 0. The molecule has 10 heteroatoms. The minimum atomic E-state index is -4.55. The van der Waals surface area contributed by atoms with Gasteiger partial charge in [-0.1, -0.05) is 30.3 Å². The molecule has 1 aromatic carbocycles. The van der Waals surface area contributed by atoms with E-state index in [4.69, 9.17) is 4.74 Å². The van der Waals surface area contributed by atoms with Gasteiger partial charge in [0.1, 0.15) is 11.9 Å². The Bertz CT molecular complexity index is 955. The summed E-state index contributed by atoms with van der Waals surface area (Å²) in [4.78, 5) is 26.2. The fraction of sp³-hybridized carbons (Fsp3) is 0.542. The average Bonchev–Trinajstić information content (AvgIpc) is 2.80. The number of benzene rings is 1. The Morgan fingerprint density at radius 1 is 1.06 bits per heavy atom. The Hall–Kier alpha value is -2.88. The number of hydrogen-bond acceptors (Lipinski definition) is 6. The van der Waals surface area contributed by atoms with E-state index in [0.717, 1.165) is 38.7 Å². The lowest BCUT2D eigenvalue weighted by Crippen LogP contribution is -2.59. The molecule has 2 saturated heterocycles. The Labute approximate surface area is 197 Å². The molecule has 0 radical (unpaired) electrons. The fourth-order valence-electron chi connectivity index (χ4n) is 4.74. The van der Waals surface area contributed by atoms with Gasteiger partial charge < -0.3 is 9.64 Å². The Kier molecular flexibility index (Phi) is 7.25. The minimum Gasteiger partial charge on any atom is -0.446 e. The van der Waals surface area contributed by atoms with Gasteiger partial charge in [-0.15, -0.1) is 0 Å². The third kappa shape index (κ3) is 5.78. The number of aromatic nitrogens is 2. The summed E-state index contributed by atoms with van der Waals surface area (Å²) in [5.74, 6) is 0.160. The molecular weight excluding hydrogens is 447 g/mol. The van der Waals surface area contributed by atoms with Crippen LogP contribution >= 0.6 is 0 Å². The van der Waals surface area contributed by atoms with E-state index in [2.05, 4.69) is 27.0 Å². The van der Waals surface area contributed by atoms with Gasteiger partial charge in [-0.05, 0) is 32.3 Å². The number of likely N-dealkylation sites (tertiary alicyclic amines) is 1. The Morgan fingerprint density at radius 2 is 1.71 bits per heavy atom. The van der Waals surface area contributed by atoms with Crippen molar-refractivity contribution in [3.63, 3.8) is 0 Å². The summed E-state index contributed by atoms with van der Waals surface area (Å²) < 4.78 is 44.9. The fourth-order valence-corrected chi connectivity index (χ4v) is 4.74. The second-order valence-electron chi connectivity index (χ2n) is 9.12. The first-order chi connectivity index (χ1) is 16.2. The molecule has 2 aromatic rings. The molecule has 2 fully saturated rings. The monoisotopic (exact) mass is 477 g/mol. The summed E-state index contributed by atoms with van der Waals surface area (Å²) in [6, 6.07) is 9.80. The molecule has 1 aromatic heterocycles. The van der Waals surface area contributed by atoms with Gasteiger partial charge in [0.2, 0.25) is 0 Å². The molecule has 34 heavy (non-hydrogen) atoms. The van der Waals surface area contributed by atoms with E-state index in [0.29, 0.717) is 13.1 Å². The van der Waals surface area contributed by atoms with Gasteiger partial charge in [0.15, 0.2) is 5.69 Å². The Morgan fingerprint density at radius 3 is 2.32 bits per heavy atom. The van der Waals surface area contributed by atoms with Crippen molar-refractivity contribution in [3.8, 4) is 0 Å². The first-order valence-electron chi connectivity index (χ1n) is 11.6. The standard InChI is InChI=1S/C24H30F3N5O2/c1-17-14-31(22-13-28-12-21(29-22)24(25,26)27)15-18(2)32(17)23(33)34-20-8-10-30(11-9-20)16-19-6-4-3-5-7-19/h3-7,12-13,17-18,20H,8-11,14-16H2,1-2H3/t17-,18+. The van der Waals surface area contributed by atoms with Crippen LogP contribution in [0.25, 0.3) is 0 Å². The van der Waals surface area contributed by atoms with Crippen LogP contribution in [0.4, 0.5) is 23.8 Å². The molecular formula is C24H30F3N5O2. The lowest BCUT2D eigenvalue weighted by Gasteiger charge is -2.44. The van der Waals surface area contributed by atoms with Crippen LogP contribution in [0, 0.1) is 0 Å². The third-order valence-corrected chi connectivity index (χ3v) is 6.42. The highest BCUT2D eigenvalue weighted by atomic mass is 19.4. The van der Waals surface area contributed by atoms with Gasteiger partial charge in [-0.25, -0.2) is 9.78 Å². The molecule has 2 aliphatic heterocycles. The van der Waals surface area contributed by atoms with Crippen molar-refractivity contribution in [1.29, 1.82) is 0 Å². The molecule has 0 saturated carbocycles. The first kappa shape index (κ1) is 24.3. The van der Waals surface area contributed by atoms with E-state index in [1.807, 2.05) is 32.0 Å². The van der Waals surface area contributed by atoms with Crippen LogP contribution in [0.2, 0.25) is 0 Å². The van der Waals surface area contributed by atoms with Crippen molar-refractivity contribution in [2.45, 2.75) is 57.6 Å². The largest absolute Gasteiger partial charge is 0.446 e. The maximum Gasteiger partial charge on any atom is 0.434 e. The number of anilines is 1. The van der Waals surface area contributed by atoms with E-state index in [1.165, 1.54) is 11.8 Å². The second kappa shape index (κ2) is 10.2. The highest BCUT2D eigenvalue weighted by Gasteiger charge is 2.37. The molecule has 2 atom stereocenters. The maximum absolute atomic E-state index is 13.0. The topological polar surface area (TPSA) is 61.8 Å². The molecule has 7 nitrogen and oxygen atoms in total. The van der Waals surface area contributed by atoms with Crippen LogP contribution in [-0.2, 0) is 17.5 Å². The van der Waals surface area contributed by atoms with Crippen molar-refractivity contribution in [1.82, 2.24) is 19.8 Å². The zero-order chi connectivity index (χ0) is 24.3. The van der Waals surface area contributed by atoms with Crippen molar-refractivity contribution in [3.05, 3.63) is 54.0 Å². The van der Waals surface area contributed by atoms with Gasteiger partial charge in [-0.3, -0.25) is 14.8 Å². The van der Waals surface area contributed by atoms with Crippen molar-refractivity contribution in [2.24, 2.45) is 0 Å². The number of amides is 1. The number of ether oxygens (including phenoxy) is 1. The predicted octanol–water partition coefficient (Wildman–Crippen LogP) is 4.20. The summed E-state index contributed by atoms with van der Waals surface area (Å²) >= 11 is 0. The van der Waals surface area contributed by atoms with Gasteiger partial charge in [0, 0.05) is 32.7 Å². The molecule has 0 unspecified atom stereocenters. The molecule has 2 aliphatic rings. The number of carbonyl (C=O) groups excluding carboxylic acids is 1. The van der Waals surface area contributed by atoms with Crippen LogP contribution in [-0.4, -0.2) is 70.2 Å². The molecule has 0 aliphatic carbocycles. The number of piperazine rings is 1. The average molecular weight is 478 g/mol. The van der Waals surface area contributed by atoms with Crippen LogP contribution in [0.5, 0.6) is 0 Å². The number of carbonyl (C=O) groups is 1. The summed E-state index contributed by atoms with van der Waals surface area (Å²) in [6.07, 6.45) is -1.45. The van der Waals surface area contributed by atoms with Crippen LogP contribution in [0.15, 0.2) is 42.7 Å². The lowest BCUT2D eigenvalue weighted by molar-refractivity contribution is -0.141. The highest BCUT2D eigenvalue weighted by Crippen LogP contribution is 2.29. The first-order valence-corrected chi connectivity index (χ1v) is 11.6. The number of alkyl halides is 3. The van der Waals surface area contributed by atoms with E-state index in [-0.39, 0.29) is 30.1 Å². The SMILES string of the molecule is C[C@@H]1CN(c2cncc(C(F)(F)F)n2)C[C@H](C)N1C(=O)OC1CCN(Cc2ccccc2)CC1. The van der Waals surface area contributed by atoms with Crippen LogP contribution < -0.4 is 4.90 Å². The number of rotatable bonds is 4. The molecule has 1 amide bonds. The molecule has 4 rings (SSSR count). The summed E-state index contributed by atoms with van der Waals surface area (Å²) in [5, 5.41) is 0. The predicted molar refractivity (Wildman–Crippen MR) is 121 cm³/mol. The van der Waals surface area contributed by atoms with Gasteiger partial charge in [-0.2, -0.15) is 13.2 Å². The summed E-state index contributed by atoms with van der Waals surface area (Å²) in [5.41, 5.74) is 0.245. The van der Waals surface area contributed by atoms with Crippen molar-refractivity contribution >= 4 is 11.9 Å². The number of halogens is 3. The van der Waals surface area contributed by atoms with Crippen LogP contribution in [0.3, 0.4) is 0 Å². The molecule has 0 N–H and O–H groups in total. The van der Waals surface area contributed by atoms with Gasteiger partial charge in [0.25, 0.3) is 0 Å². The normalized spacial score (nSPS) is 22.6. The molecule has 184 valence electrons. The minimum absolute atomic E-state index is 0.133. The summed E-state index contributed by atoms with van der Waals surface area (Å²) in [6.45, 7) is 7.05.